The molecule has 1 amide bonds. The molecule has 1 unspecified atom stereocenters. The molecule has 5 heteroatoms. The van der Waals surface area contributed by atoms with E-state index < -0.39 is 5.41 Å². The Kier molecular flexibility index (Phi) is 5.25. The molecule has 136 valence electrons. The van der Waals surface area contributed by atoms with Gasteiger partial charge in [0, 0.05) is 36.1 Å². The first-order chi connectivity index (χ1) is 12.7. The Bertz CT molecular complexity index is 777. The summed E-state index contributed by atoms with van der Waals surface area (Å²) in [6, 6.07) is 18.1. The fourth-order valence-electron chi connectivity index (χ4n) is 3.99. The van der Waals surface area contributed by atoms with Crippen LogP contribution in [0.15, 0.2) is 54.6 Å². The second-order valence-electron chi connectivity index (χ2n) is 6.80. The highest BCUT2D eigenvalue weighted by Crippen LogP contribution is 2.45. The lowest BCUT2D eigenvalue weighted by Gasteiger charge is -2.40. The summed E-state index contributed by atoms with van der Waals surface area (Å²) in [5.74, 6) is 1.14. The van der Waals surface area contributed by atoms with Crippen molar-refractivity contribution in [2.75, 3.05) is 25.5 Å². The number of nitrogens with zero attached hydrogens (tertiary/aromatic N) is 1. The monoisotopic (exact) mass is 387 g/mol. The Hall–Kier alpha value is -1.49. The van der Waals surface area contributed by atoms with Crippen molar-refractivity contribution in [2.24, 2.45) is 0 Å². The molecule has 2 aliphatic rings. The Labute approximate surface area is 163 Å². The van der Waals surface area contributed by atoms with Gasteiger partial charge in [0.15, 0.2) is 0 Å². The molecular formula is C21H22ClNO2S. The quantitative estimate of drug-likeness (QED) is 0.766. The van der Waals surface area contributed by atoms with Gasteiger partial charge in [-0.15, -0.1) is 11.8 Å². The minimum Gasteiger partial charge on any atom is -0.381 e. The number of halogens is 1. The topological polar surface area (TPSA) is 29.5 Å². The fraction of sp³-hybridized carbons (Fsp3) is 0.381. The number of amides is 1. The van der Waals surface area contributed by atoms with E-state index in [9.17, 15) is 4.79 Å². The van der Waals surface area contributed by atoms with Crippen LogP contribution in [-0.2, 0) is 14.9 Å². The Balaban J connectivity index is 1.71. The molecule has 2 aromatic rings. The molecule has 2 saturated heterocycles. The molecule has 4 rings (SSSR count). The highest BCUT2D eigenvalue weighted by atomic mass is 35.5. The Morgan fingerprint density at radius 2 is 1.77 bits per heavy atom. The van der Waals surface area contributed by atoms with E-state index in [1.165, 1.54) is 0 Å². The van der Waals surface area contributed by atoms with Crippen LogP contribution in [-0.4, -0.2) is 36.3 Å². The van der Waals surface area contributed by atoms with Gasteiger partial charge in [-0.3, -0.25) is 4.79 Å². The first-order valence-electron chi connectivity index (χ1n) is 9.03. The molecule has 0 aliphatic carbocycles. The summed E-state index contributed by atoms with van der Waals surface area (Å²) in [4.78, 5) is 15.9. The van der Waals surface area contributed by atoms with Crippen LogP contribution in [0.5, 0.6) is 0 Å². The SMILES string of the molecule is O=C(N1CCSC1c1ccccc1Cl)C1(c2ccccc2)CCOCC1. The summed E-state index contributed by atoms with van der Waals surface area (Å²) >= 11 is 8.23. The average Bonchev–Trinajstić information content (AvgIpc) is 3.18. The van der Waals surface area contributed by atoms with Crippen LogP contribution in [0.3, 0.4) is 0 Å². The summed E-state index contributed by atoms with van der Waals surface area (Å²) in [7, 11) is 0. The molecule has 1 atom stereocenters. The van der Waals surface area contributed by atoms with Crippen LogP contribution in [0.25, 0.3) is 0 Å². The molecule has 2 aromatic carbocycles. The van der Waals surface area contributed by atoms with Crippen molar-refractivity contribution in [1.82, 2.24) is 4.90 Å². The normalized spacial score (nSPS) is 22.3. The van der Waals surface area contributed by atoms with E-state index in [1.54, 1.807) is 11.8 Å². The van der Waals surface area contributed by atoms with Gasteiger partial charge in [-0.2, -0.15) is 0 Å². The molecule has 2 aliphatic heterocycles. The molecule has 0 saturated carbocycles. The number of hydrogen-bond donors (Lipinski definition) is 0. The lowest BCUT2D eigenvalue weighted by atomic mass is 9.73. The van der Waals surface area contributed by atoms with Gasteiger partial charge >= 0.3 is 0 Å². The maximum absolute atomic E-state index is 13.8. The summed E-state index contributed by atoms with van der Waals surface area (Å²) in [6.07, 6.45) is 1.46. The van der Waals surface area contributed by atoms with Gasteiger partial charge in [-0.05, 0) is 24.5 Å². The predicted molar refractivity (Wildman–Crippen MR) is 107 cm³/mol. The molecule has 0 N–H and O–H groups in total. The summed E-state index contributed by atoms with van der Waals surface area (Å²) in [5, 5.41) is 0.713. The van der Waals surface area contributed by atoms with Crippen LogP contribution < -0.4 is 0 Å². The molecule has 0 radical (unpaired) electrons. The van der Waals surface area contributed by atoms with E-state index >= 15 is 0 Å². The minimum absolute atomic E-state index is 0.0142. The molecule has 0 aromatic heterocycles. The van der Waals surface area contributed by atoms with Crippen LogP contribution in [0.2, 0.25) is 5.02 Å². The molecule has 3 nitrogen and oxygen atoms in total. The number of carbonyl (C=O) groups is 1. The summed E-state index contributed by atoms with van der Waals surface area (Å²) in [5.41, 5.74) is 1.63. The third kappa shape index (κ3) is 3.15. The lowest BCUT2D eigenvalue weighted by Crippen LogP contribution is -2.49. The highest BCUT2D eigenvalue weighted by molar-refractivity contribution is 7.99. The average molecular weight is 388 g/mol. The van der Waals surface area contributed by atoms with Crippen molar-refractivity contribution in [1.29, 1.82) is 0 Å². The first kappa shape index (κ1) is 17.9. The van der Waals surface area contributed by atoms with Crippen molar-refractivity contribution >= 4 is 29.3 Å². The van der Waals surface area contributed by atoms with Crippen molar-refractivity contribution in [3.63, 3.8) is 0 Å². The number of benzene rings is 2. The molecule has 2 heterocycles. The van der Waals surface area contributed by atoms with E-state index in [1.807, 2.05) is 47.4 Å². The zero-order valence-electron chi connectivity index (χ0n) is 14.6. The largest absolute Gasteiger partial charge is 0.381 e. The zero-order valence-corrected chi connectivity index (χ0v) is 16.1. The molecular weight excluding hydrogens is 366 g/mol. The van der Waals surface area contributed by atoms with Crippen molar-refractivity contribution in [2.45, 2.75) is 23.6 Å². The number of carbonyl (C=O) groups excluding carboxylic acids is 1. The summed E-state index contributed by atoms with van der Waals surface area (Å²) in [6.45, 7) is 2.01. The van der Waals surface area contributed by atoms with E-state index in [0.717, 1.165) is 41.3 Å². The van der Waals surface area contributed by atoms with Crippen LogP contribution in [0.4, 0.5) is 0 Å². The minimum atomic E-state index is -0.496. The maximum atomic E-state index is 13.8. The van der Waals surface area contributed by atoms with E-state index in [4.69, 9.17) is 16.3 Å². The standard InChI is InChI=1S/C21H22ClNO2S/c22-18-9-5-4-8-17(18)19-23(12-15-26-19)20(24)21(10-13-25-14-11-21)16-6-2-1-3-7-16/h1-9,19H,10-15H2. The fourth-order valence-corrected chi connectivity index (χ4v) is 5.58. The Morgan fingerprint density at radius 3 is 2.50 bits per heavy atom. The number of rotatable bonds is 3. The molecule has 2 fully saturated rings. The van der Waals surface area contributed by atoms with Crippen molar-refractivity contribution in [3.8, 4) is 0 Å². The highest BCUT2D eigenvalue weighted by Gasteiger charge is 2.47. The lowest BCUT2D eigenvalue weighted by molar-refractivity contribution is -0.141. The number of hydrogen-bond acceptors (Lipinski definition) is 3. The van der Waals surface area contributed by atoms with E-state index in [2.05, 4.69) is 12.1 Å². The van der Waals surface area contributed by atoms with Crippen LogP contribution in [0, 0.1) is 0 Å². The van der Waals surface area contributed by atoms with E-state index in [0.29, 0.717) is 13.2 Å². The molecule has 0 bridgehead atoms. The van der Waals surface area contributed by atoms with Gasteiger partial charge in [0.05, 0.1) is 5.41 Å². The van der Waals surface area contributed by atoms with Gasteiger partial charge < -0.3 is 9.64 Å². The second-order valence-corrected chi connectivity index (χ2v) is 8.40. The third-order valence-corrected chi connectivity index (χ3v) is 6.99. The van der Waals surface area contributed by atoms with Crippen molar-refractivity contribution in [3.05, 3.63) is 70.7 Å². The predicted octanol–water partition coefficient (Wildman–Crippen LogP) is 4.66. The molecule has 0 spiro atoms. The second kappa shape index (κ2) is 7.63. The Morgan fingerprint density at radius 1 is 1.08 bits per heavy atom. The summed E-state index contributed by atoms with van der Waals surface area (Å²) < 4.78 is 5.59. The van der Waals surface area contributed by atoms with Crippen LogP contribution >= 0.6 is 23.4 Å². The smallest absolute Gasteiger partial charge is 0.234 e. The number of thioether (sulfide) groups is 1. The first-order valence-corrected chi connectivity index (χ1v) is 10.5. The van der Waals surface area contributed by atoms with Crippen molar-refractivity contribution < 1.29 is 9.53 Å². The van der Waals surface area contributed by atoms with Gasteiger partial charge in [0.25, 0.3) is 0 Å². The van der Waals surface area contributed by atoms with E-state index in [-0.39, 0.29) is 11.3 Å². The van der Waals surface area contributed by atoms with Gasteiger partial charge in [0.1, 0.15) is 5.37 Å². The number of ether oxygens (including phenoxy) is 1. The van der Waals surface area contributed by atoms with Gasteiger partial charge in [-0.1, -0.05) is 60.1 Å². The molecule has 26 heavy (non-hydrogen) atoms. The maximum Gasteiger partial charge on any atom is 0.234 e. The zero-order chi connectivity index (χ0) is 18.0. The third-order valence-electron chi connectivity index (χ3n) is 5.41. The van der Waals surface area contributed by atoms with Crippen LogP contribution in [0.1, 0.15) is 29.3 Å². The van der Waals surface area contributed by atoms with Gasteiger partial charge in [-0.25, -0.2) is 0 Å². The van der Waals surface area contributed by atoms with Gasteiger partial charge in [0.2, 0.25) is 5.91 Å².